The van der Waals surface area contributed by atoms with Gasteiger partial charge >= 0.3 is 0 Å². The van der Waals surface area contributed by atoms with Gasteiger partial charge in [-0.25, -0.2) is 0 Å². The van der Waals surface area contributed by atoms with Crippen LogP contribution in [0, 0.1) is 0 Å². The van der Waals surface area contributed by atoms with Gasteiger partial charge in [0, 0.05) is 12.6 Å². The molecule has 21 heavy (non-hydrogen) atoms. The lowest BCUT2D eigenvalue weighted by Crippen LogP contribution is -2.30. The van der Waals surface area contributed by atoms with Crippen molar-refractivity contribution in [2.45, 2.75) is 6.42 Å². The number of thiocarbonyl (C=S) groups is 1. The molecule has 2 heterocycles. The number of rotatable bonds is 4. The first-order valence-corrected chi connectivity index (χ1v) is 7.79. The fraction of sp³-hybridized carbons (Fsp3) is 0.125. The molecule has 0 bridgehead atoms. The first-order valence-electron chi connectivity index (χ1n) is 6.57. The Bertz CT molecular complexity index is 678. The summed E-state index contributed by atoms with van der Waals surface area (Å²) in [6, 6.07) is 13.7. The van der Waals surface area contributed by atoms with Crippen molar-refractivity contribution in [3.05, 3.63) is 65.0 Å². The van der Waals surface area contributed by atoms with E-state index in [1.807, 2.05) is 24.3 Å². The highest BCUT2D eigenvalue weighted by Gasteiger charge is 2.31. The Kier molecular flexibility index (Phi) is 4.22. The van der Waals surface area contributed by atoms with Crippen molar-refractivity contribution in [2.75, 3.05) is 6.54 Å². The standard InChI is InChI=1S/C16H13NO2S2/c18-15-14(11-13-7-4-10-19-13)21-16(20)17(15)9-8-12-5-2-1-3-6-12/h1-7,10-11H,8-9H2/b14-11+. The second-order valence-corrected chi connectivity index (χ2v) is 6.26. The SMILES string of the molecule is O=C1/C(=C\c2ccco2)SC(=S)N1CCc1ccccc1. The van der Waals surface area contributed by atoms with E-state index in [1.165, 1.54) is 17.3 Å². The van der Waals surface area contributed by atoms with E-state index in [-0.39, 0.29) is 5.91 Å². The van der Waals surface area contributed by atoms with Gasteiger partial charge in [0.1, 0.15) is 10.1 Å². The molecule has 1 aromatic heterocycles. The number of carbonyl (C=O) groups excluding carboxylic acids is 1. The van der Waals surface area contributed by atoms with E-state index in [1.54, 1.807) is 23.3 Å². The molecule has 0 N–H and O–H groups in total. The van der Waals surface area contributed by atoms with Gasteiger partial charge in [0.05, 0.1) is 11.2 Å². The minimum absolute atomic E-state index is 0.0441. The number of hydrogen-bond acceptors (Lipinski definition) is 4. The molecule has 0 atom stereocenters. The highest BCUT2D eigenvalue weighted by molar-refractivity contribution is 8.26. The number of carbonyl (C=O) groups is 1. The van der Waals surface area contributed by atoms with Crippen LogP contribution in [0.4, 0.5) is 0 Å². The fourth-order valence-corrected chi connectivity index (χ4v) is 3.37. The predicted molar refractivity (Wildman–Crippen MR) is 88.7 cm³/mol. The highest BCUT2D eigenvalue weighted by atomic mass is 32.2. The normalized spacial score (nSPS) is 17.0. The number of amides is 1. The molecule has 3 nitrogen and oxygen atoms in total. The molecular formula is C16H13NO2S2. The fourth-order valence-electron chi connectivity index (χ4n) is 2.08. The molecule has 1 aliphatic rings. The van der Waals surface area contributed by atoms with Gasteiger partial charge in [0.25, 0.3) is 5.91 Å². The van der Waals surface area contributed by atoms with Crippen molar-refractivity contribution in [1.29, 1.82) is 0 Å². The summed E-state index contributed by atoms with van der Waals surface area (Å²) in [4.78, 5) is 14.6. The van der Waals surface area contributed by atoms with Gasteiger partial charge in [-0.1, -0.05) is 54.3 Å². The van der Waals surface area contributed by atoms with Crippen molar-refractivity contribution in [3.8, 4) is 0 Å². The van der Waals surface area contributed by atoms with Gasteiger partial charge in [0.15, 0.2) is 0 Å². The molecule has 0 saturated carbocycles. The van der Waals surface area contributed by atoms with Crippen LogP contribution in [0.2, 0.25) is 0 Å². The second-order valence-electron chi connectivity index (χ2n) is 4.58. The average molecular weight is 315 g/mol. The van der Waals surface area contributed by atoms with Crippen LogP contribution in [0.1, 0.15) is 11.3 Å². The van der Waals surface area contributed by atoms with Crippen LogP contribution in [-0.2, 0) is 11.2 Å². The van der Waals surface area contributed by atoms with Crippen molar-refractivity contribution >= 4 is 40.3 Å². The maximum atomic E-state index is 12.4. The summed E-state index contributed by atoms with van der Waals surface area (Å²) >= 11 is 6.63. The quantitative estimate of drug-likeness (QED) is 0.636. The number of benzene rings is 1. The van der Waals surface area contributed by atoms with Gasteiger partial charge < -0.3 is 4.42 Å². The van der Waals surface area contributed by atoms with Gasteiger partial charge in [-0.2, -0.15) is 0 Å². The van der Waals surface area contributed by atoms with E-state index < -0.39 is 0 Å². The lowest BCUT2D eigenvalue weighted by molar-refractivity contribution is -0.122. The summed E-state index contributed by atoms with van der Waals surface area (Å²) in [5.74, 6) is 0.621. The molecule has 1 aliphatic heterocycles. The van der Waals surface area contributed by atoms with E-state index in [0.717, 1.165) is 6.42 Å². The third-order valence-electron chi connectivity index (χ3n) is 3.16. The van der Waals surface area contributed by atoms with Crippen LogP contribution in [0.3, 0.4) is 0 Å². The minimum Gasteiger partial charge on any atom is -0.465 e. The summed E-state index contributed by atoms with van der Waals surface area (Å²) in [6.45, 7) is 0.601. The maximum Gasteiger partial charge on any atom is 0.266 e. The molecule has 5 heteroatoms. The summed E-state index contributed by atoms with van der Waals surface area (Å²) in [7, 11) is 0. The van der Waals surface area contributed by atoms with Gasteiger partial charge in [-0.3, -0.25) is 9.69 Å². The average Bonchev–Trinajstić information content (AvgIpc) is 3.09. The largest absolute Gasteiger partial charge is 0.465 e. The Balaban J connectivity index is 1.69. The van der Waals surface area contributed by atoms with Crippen LogP contribution >= 0.6 is 24.0 Å². The van der Waals surface area contributed by atoms with E-state index in [2.05, 4.69) is 12.1 Å². The van der Waals surface area contributed by atoms with Crippen LogP contribution in [0.15, 0.2) is 58.1 Å². The molecule has 0 aliphatic carbocycles. The maximum absolute atomic E-state index is 12.4. The zero-order valence-corrected chi connectivity index (χ0v) is 12.8. The van der Waals surface area contributed by atoms with Gasteiger partial charge in [0.2, 0.25) is 0 Å². The first kappa shape index (κ1) is 14.1. The molecule has 106 valence electrons. The summed E-state index contributed by atoms with van der Waals surface area (Å²) in [6.07, 6.45) is 4.12. The van der Waals surface area contributed by atoms with Crippen molar-refractivity contribution in [1.82, 2.24) is 4.90 Å². The Morgan fingerprint density at radius 2 is 2.00 bits per heavy atom. The topological polar surface area (TPSA) is 33.5 Å². The number of thioether (sulfide) groups is 1. The molecule has 1 aromatic carbocycles. The van der Waals surface area contributed by atoms with E-state index >= 15 is 0 Å². The van der Waals surface area contributed by atoms with Crippen molar-refractivity contribution in [3.63, 3.8) is 0 Å². The molecule has 1 saturated heterocycles. The van der Waals surface area contributed by atoms with E-state index in [4.69, 9.17) is 16.6 Å². The Morgan fingerprint density at radius 1 is 1.19 bits per heavy atom. The molecular weight excluding hydrogens is 302 g/mol. The zero-order chi connectivity index (χ0) is 14.7. The van der Waals surface area contributed by atoms with Crippen molar-refractivity contribution in [2.24, 2.45) is 0 Å². The van der Waals surface area contributed by atoms with Crippen LogP contribution in [0.5, 0.6) is 0 Å². The van der Waals surface area contributed by atoms with Crippen LogP contribution in [-0.4, -0.2) is 21.7 Å². The molecule has 0 spiro atoms. The van der Waals surface area contributed by atoms with E-state index in [9.17, 15) is 4.79 Å². The van der Waals surface area contributed by atoms with Gasteiger partial charge in [-0.15, -0.1) is 0 Å². The second kappa shape index (κ2) is 6.28. The highest BCUT2D eigenvalue weighted by Crippen LogP contribution is 2.32. The third-order valence-corrected chi connectivity index (χ3v) is 4.53. The van der Waals surface area contributed by atoms with Crippen LogP contribution < -0.4 is 0 Å². The molecule has 1 amide bonds. The lowest BCUT2D eigenvalue weighted by atomic mass is 10.1. The van der Waals surface area contributed by atoms with Crippen LogP contribution in [0.25, 0.3) is 6.08 Å². The molecule has 1 fully saturated rings. The smallest absolute Gasteiger partial charge is 0.266 e. The summed E-state index contributed by atoms with van der Waals surface area (Å²) < 4.78 is 5.85. The minimum atomic E-state index is -0.0441. The molecule has 0 radical (unpaired) electrons. The Hall–Kier alpha value is -1.85. The monoisotopic (exact) mass is 315 g/mol. The molecule has 0 unspecified atom stereocenters. The Labute approximate surface area is 132 Å². The number of nitrogens with zero attached hydrogens (tertiary/aromatic N) is 1. The lowest BCUT2D eigenvalue weighted by Gasteiger charge is -2.14. The first-order chi connectivity index (χ1) is 10.2. The van der Waals surface area contributed by atoms with Crippen molar-refractivity contribution < 1.29 is 9.21 Å². The molecule has 3 rings (SSSR count). The molecule has 2 aromatic rings. The number of hydrogen-bond donors (Lipinski definition) is 0. The summed E-state index contributed by atoms with van der Waals surface area (Å²) in [5.41, 5.74) is 1.20. The van der Waals surface area contributed by atoms with E-state index in [0.29, 0.717) is 21.5 Å². The third kappa shape index (κ3) is 3.25. The summed E-state index contributed by atoms with van der Waals surface area (Å²) in [5, 5.41) is 0. The Morgan fingerprint density at radius 3 is 2.71 bits per heavy atom. The predicted octanol–water partition coefficient (Wildman–Crippen LogP) is 3.72. The number of furan rings is 1. The van der Waals surface area contributed by atoms with Gasteiger partial charge in [-0.05, 0) is 24.1 Å². The zero-order valence-electron chi connectivity index (χ0n) is 11.2.